The molecule has 0 radical (unpaired) electrons. The highest BCUT2D eigenvalue weighted by Crippen LogP contribution is 2.27. The number of pyridine rings is 1. The highest BCUT2D eigenvalue weighted by Gasteiger charge is 2.43. The molecule has 1 amide bonds. The summed E-state index contributed by atoms with van der Waals surface area (Å²) in [6.07, 6.45) is 4.85. The Balaban J connectivity index is 1.59. The third-order valence-corrected chi connectivity index (χ3v) is 5.04. The monoisotopic (exact) mass is 333 g/mol. The summed E-state index contributed by atoms with van der Waals surface area (Å²) in [6.45, 7) is 4.33. The van der Waals surface area contributed by atoms with Crippen molar-refractivity contribution in [1.82, 2.24) is 15.2 Å². The molecule has 2 unspecified atom stereocenters. The van der Waals surface area contributed by atoms with Gasteiger partial charge in [-0.2, -0.15) is 0 Å². The van der Waals surface area contributed by atoms with Gasteiger partial charge in [-0.25, -0.2) is 4.98 Å². The number of hydrogen-bond donors (Lipinski definition) is 2. The molecule has 0 saturated carbocycles. The molecular formula is C16H23N5O3. The second kappa shape index (κ2) is 6.72. The lowest BCUT2D eigenvalue weighted by Crippen LogP contribution is -2.54. The number of rotatable bonds is 5. The van der Waals surface area contributed by atoms with Crippen LogP contribution in [0, 0.1) is 10.1 Å². The lowest BCUT2D eigenvalue weighted by molar-refractivity contribution is -0.385. The van der Waals surface area contributed by atoms with Gasteiger partial charge in [0.2, 0.25) is 5.91 Å². The molecule has 0 aromatic carbocycles. The Kier molecular flexibility index (Phi) is 4.66. The molecule has 2 aliphatic heterocycles. The van der Waals surface area contributed by atoms with E-state index in [9.17, 15) is 14.9 Å². The molecule has 0 bridgehead atoms. The first-order valence-corrected chi connectivity index (χ1v) is 8.45. The first kappa shape index (κ1) is 16.6. The molecule has 130 valence electrons. The number of nitro groups is 1. The maximum Gasteiger partial charge on any atom is 0.287 e. The normalized spacial score (nSPS) is 26.5. The highest BCUT2D eigenvalue weighted by atomic mass is 16.6. The Bertz CT molecular complexity index is 613. The van der Waals surface area contributed by atoms with Crippen LogP contribution in [0.1, 0.15) is 32.6 Å². The van der Waals surface area contributed by atoms with Crippen molar-refractivity contribution in [3.05, 3.63) is 28.4 Å². The second-order valence-electron chi connectivity index (χ2n) is 6.51. The Morgan fingerprint density at radius 3 is 3.00 bits per heavy atom. The molecule has 0 spiro atoms. The summed E-state index contributed by atoms with van der Waals surface area (Å²) in [5.41, 5.74) is -0.415. The molecule has 2 fully saturated rings. The van der Waals surface area contributed by atoms with E-state index in [-0.39, 0.29) is 23.2 Å². The number of hydrogen-bond acceptors (Lipinski definition) is 6. The summed E-state index contributed by atoms with van der Waals surface area (Å²) in [4.78, 5) is 29.0. The molecule has 2 aliphatic rings. The number of nitrogens with zero attached hydrogens (tertiary/aromatic N) is 3. The first-order valence-electron chi connectivity index (χ1n) is 8.45. The molecule has 3 heterocycles. The molecule has 3 rings (SSSR count). The molecule has 8 nitrogen and oxygen atoms in total. The van der Waals surface area contributed by atoms with Crippen LogP contribution in [0.4, 0.5) is 11.5 Å². The number of carbonyl (C=O) groups excluding carboxylic acids is 1. The summed E-state index contributed by atoms with van der Waals surface area (Å²) in [5.74, 6) is 0.799. The maximum atomic E-state index is 12.9. The van der Waals surface area contributed by atoms with E-state index in [1.54, 1.807) is 6.07 Å². The van der Waals surface area contributed by atoms with E-state index in [0.717, 1.165) is 38.8 Å². The summed E-state index contributed by atoms with van der Waals surface area (Å²) in [7, 11) is 0. The van der Waals surface area contributed by atoms with Crippen LogP contribution in [0.25, 0.3) is 0 Å². The minimum absolute atomic E-state index is 0.0269. The van der Waals surface area contributed by atoms with Crippen molar-refractivity contribution in [3.8, 4) is 0 Å². The molecule has 24 heavy (non-hydrogen) atoms. The third-order valence-electron chi connectivity index (χ3n) is 5.04. The number of aromatic nitrogens is 1. The van der Waals surface area contributed by atoms with Crippen LogP contribution in [0.3, 0.4) is 0 Å². The molecule has 0 aliphatic carbocycles. The fourth-order valence-corrected chi connectivity index (χ4v) is 3.60. The van der Waals surface area contributed by atoms with Crippen molar-refractivity contribution < 1.29 is 9.72 Å². The van der Waals surface area contributed by atoms with Gasteiger partial charge in [-0.05, 0) is 38.3 Å². The number of anilines is 1. The summed E-state index contributed by atoms with van der Waals surface area (Å²) in [5, 5.41) is 17.3. The van der Waals surface area contributed by atoms with Crippen molar-refractivity contribution in [2.45, 2.75) is 44.2 Å². The second-order valence-corrected chi connectivity index (χ2v) is 6.51. The zero-order valence-corrected chi connectivity index (χ0v) is 13.8. The third kappa shape index (κ3) is 3.19. The van der Waals surface area contributed by atoms with Crippen molar-refractivity contribution in [1.29, 1.82) is 0 Å². The zero-order chi connectivity index (χ0) is 17.2. The standard InChI is InChI=1S/C16H23N5O3/c1-2-16(7-3-8-18-16)15(22)20-9-6-12(11-20)19-14-5-4-13(10-17-14)21(23)24/h4-5,10,12,18H,2-3,6-9,11H2,1H3,(H,17,19). The van der Waals surface area contributed by atoms with E-state index in [0.29, 0.717) is 12.4 Å². The Labute approximate surface area is 140 Å². The van der Waals surface area contributed by atoms with Crippen molar-refractivity contribution in [2.75, 3.05) is 25.0 Å². The van der Waals surface area contributed by atoms with Gasteiger partial charge in [-0.3, -0.25) is 14.9 Å². The zero-order valence-electron chi connectivity index (χ0n) is 13.8. The quantitative estimate of drug-likeness (QED) is 0.626. The molecule has 1 aromatic rings. The van der Waals surface area contributed by atoms with Gasteiger partial charge >= 0.3 is 0 Å². The van der Waals surface area contributed by atoms with Gasteiger partial charge in [-0.1, -0.05) is 6.92 Å². The van der Waals surface area contributed by atoms with E-state index >= 15 is 0 Å². The topological polar surface area (TPSA) is 100 Å². The first-order chi connectivity index (χ1) is 11.5. The van der Waals surface area contributed by atoms with Crippen LogP contribution < -0.4 is 10.6 Å². The molecule has 2 N–H and O–H groups in total. The van der Waals surface area contributed by atoms with Gasteiger partial charge < -0.3 is 15.5 Å². The lowest BCUT2D eigenvalue weighted by Gasteiger charge is -2.31. The number of amides is 1. The Hall–Kier alpha value is -2.22. The summed E-state index contributed by atoms with van der Waals surface area (Å²) < 4.78 is 0. The minimum atomic E-state index is -0.467. The number of carbonyl (C=O) groups is 1. The van der Waals surface area contributed by atoms with E-state index in [2.05, 4.69) is 22.5 Å². The number of likely N-dealkylation sites (tertiary alicyclic amines) is 1. The van der Waals surface area contributed by atoms with Crippen molar-refractivity contribution in [2.24, 2.45) is 0 Å². The maximum absolute atomic E-state index is 12.9. The van der Waals surface area contributed by atoms with Gasteiger partial charge in [0.05, 0.1) is 10.5 Å². The fourth-order valence-electron chi connectivity index (χ4n) is 3.60. The van der Waals surface area contributed by atoms with Crippen LogP contribution in [0.15, 0.2) is 18.3 Å². The minimum Gasteiger partial charge on any atom is -0.365 e. The van der Waals surface area contributed by atoms with Crippen LogP contribution >= 0.6 is 0 Å². The predicted octanol–water partition coefficient (Wildman–Crippen LogP) is 1.53. The summed E-state index contributed by atoms with van der Waals surface area (Å²) >= 11 is 0. The average Bonchev–Trinajstić information content (AvgIpc) is 3.24. The Morgan fingerprint density at radius 2 is 2.42 bits per heavy atom. The lowest BCUT2D eigenvalue weighted by atomic mass is 9.92. The van der Waals surface area contributed by atoms with Crippen LogP contribution in [-0.2, 0) is 4.79 Å². The van der Waals surface area contributed by atoms with Gasteiger partial charge in [-0.15, -0.1) is 0 Å². The number of nitrogens with one attached hydrogen (secondary N) is 2. The van der Waals surface area contributed by atoms with E-state index in [1.165, 1.54) is 12.3 Å². The van der Waals surface area contributed by atoms with Crippen LogP contribution in [0.2, 0.25) is 0 Å². The summed E-state index contributed by atoms with van der Waals surface area (Å²) in [6, 6.07) is 3.16. The van der Waals surface area contributed by atoms with Crippen LogP contribution in [-0.4, -0.2) is 51.9 Å². The molecule has 2 atom stereocenters. The SMILES string of the molecule is CCC1(C(=O)N2CCC(Nc3ccc([N+](=O)[O-])cn3)C2)CCCN1. The van der Waals surface area contributed by atoms with E-state index in [4.69, 9.17) is 0 Å². The Morgan fingerprint density at radius 1 is 1.58 bits per heavy atom. The van der Waals surface area contributed by atoms with Gasteiger partial charge in [0.1, 0.15) is 12.0 Å². The van der Waals surface area contributed by atoms with E-state index < -0.39 is 4.92 Å². The molecular weight excluding hydrogens is 310 g/mol. The molecule has 8 heteroatoms. The van der Waals surface area contributed by atoms with Crippen molar-refractivity contribution in [3.63, 3.8) is 0 Å². The average molecular weight is 333 g/mol. The molecule has 1 aromatic heterocycles. The fraction of sp³-hybridized carbons (Fsp3) is 0.625. The smallest absolute Gasteiger partial charge is 0.287 e. The van der Waals surface area contributed by atoms with Gasteiger partial charge in [0, 0.05) is 25.2 Å². The van der Waals surface area contributed by atoms with E-state index in [1.807, 2.05) is 4.90 Å². The highest BCUT2D eigenvalue weighted by molar-refractivity contribution is 5.87. The van der Waals surface area contributed by atoms with Crippen LogP contribution in [0.5, 0.6) is 0 Å². The van der Waals surface area contributed by atoms with Gasteiger partial charge in [0.25, 0.3) is 5.69 Å². The largest absolute Gasteiger partial charge is 0.365 e. The predicted molar refractivity (Wildman–Crippen MR) is 89.8 cm³/mol. The van der Waals surface area contributed by atoms with Gasteiger partial charge in [0.15, 0.2) is 0 Å². The van der Waals surface area contributed by atoms with Crippen molar-refractivity contribution >= 4 is 17.4 Å². The molecule has 2 saturated heterocycles.